The highest BCUT2D eigenvalue weighted by Gasteiger charge is 2.34. The van der Waals surface area contributed by atoms with Gasteiger partial charge >= 0.3 is 5.97 Å². The second-order valence-corrected chi connectivity index (χ2v) is 4.88. The highest BCUT2D eigenvalue weighted by Crippen LogP contribution is 2.32. The van der Waals surface area contributed by atoms with E-state index in [2.05, 4.69) is 0 Å². The Labute approximate surface area is 128 Å². The summed E-state index contributed by atoms with van der Waals surface area (Å²) in [6.45, 7) is 3.62. The number of esters is 1. The van der Waals surface area contributed by atoms with Gasteiger partial charge in [-0.1, -0.05) is 0 Å². The first-order valence-electron chi connectivity index (χ1n) is 6.82. The van der Waals surface area contributed by atoms with Crippen LogP contribution in [0.4, 0.5) is 4.39 Å². The normalized spacial score (nSPS) is 18.8. The summed E-state index contributed by atoms with van der Waals surface area (Å²) in [6.07, 6.45) is -0.942. The molecule has 0 aromatic heterocycles. The fourth-order valence-electron chi connectivity index (χ4n) is 2.37. The number of nitrogens with two attached hydrogens (primary N) is 3. The van der Waals surface area contributed by atoms with Crippen molar-refractivity contribution < 1.29 is 13.9 Å². The molecule has 0 aliphatic carbocycles. The van der Waals surface area contributed by atoms with Gasteiger partial charge in [0.15, 0.2) is 0 Å². The van der Waals surface area contributed by atoms with E-state index in [0.29, 0.717) is 16.8 Å². The minimum absolute atomic E-state index is 0.118. The number of allylic oxidation sites excluding steroid dienone is 1. The van der Waals surface area contributed by atoms with E-state index in [4.69, 9.17) is 22.0 Å². The maximum absolute atomic E-state index is 13.1. The van der Waals surface area contributed by atoms with Gasteiger partial charge in [-0.3, -0.25) is 5.01 Å². The summed E-state index contributed by atoms with van der Waals surface area (Å²) in [5, 5.41) is 1.24. The fraction of sp³-hybridized carbons (Fsp3) is 0.267. The van der Waals surface area contributed by atoms with Crippen molar-refractivity contribution in [3.63, 3.8) is 0 Å². The number of hydrogen-bond donors (Lipinski definition) is 3. The molecule has 0 amide bonds. The molecule has 6 nitrogen and oxygen atoms in total. The van der Waals surface area contributed by atoms with Crippen LogP contribution in [0, 0.1) is 5.82 Å². The number of nitrogens with zero attached hydrogens (tertiary/aromatic N) is 1. The number of ether oxygens (including phenoxy) is 1. The van der Waals surface area contributed by atoms with E-state index < -0.39 is 12.1 Å². The molecule has 6 N–H and O–H groups in total. The molecule has 0 radical (unpaired) electrons. The molecule has 1 unspecified atom stereocenters. The van der Waals surface area contributed by atoms with Crippen LogP contribution in [0.3, 0.4) is 0 Å². The van der Waals surface area contributed by atoms with Gasteiger partial charge in [0.2, 0.25) is 0 Å². The molecule has 22 heavy (non-hydrogen) atoms. The lowest BCUT2D eigenvalue weighted by atomic mass is 9.95. The molecule has 1 aromatic rings. The van der Waals surface area contributed by atoms with E-state index in [1.54, 1.807) is 26.0 Å². The van der Waals surface area contributed by atoms with Crippen molar-refractivity contribution in [2.75, 3.05) is 6.61 Å². The Kier molecular flexibility index (Phi) is 4.48. The Bertz CT molecular complexity index is 652. The van der Waals surface area contributed by atoms with Crippen LogP contribution < -0.4 is 17.3 Å². The third-order valence-electron chi connectivity index (χ3n) is 3.52. The molecular weight excluding hydrogens is 287 g/mol. The first-order chi connectivity index (χ1) is 10.4. The van der Waals surface area contributed by atoms with Gasteiger partial charge in [0.25, 0.3) is 0 Å². The van der Waals surface area contributed by atoms with Gasteiger partial charge in [-0.05, 0) is 49.2 Å². The molecule has 1 aliphatic heterocycles. The van der Waals surface area contributed by atoms with Crippen LogP contribution >= 0.6 is 0 Å². The van der Waals surface area contributed by atoms with Gasteiger partial charge in [0.1, 0.15) is 12.0 Å². The van der Waals surface area contributed by atoms with Crippen molar-refractivity contribution in [3.8, 4) is 0 Å². The van der Waals surface area contributed by atoms with E-state index >= 15 is 0 Å². The molecule has 1 aromatic carbocycles. The van der Waals surface area contributed by atoms with Gasteiger partial charge < -0.3 is 16.2 Å². The van der Waals surface area contributed by atoms with Crippen molar-refractivity contribution in [1.82, 2.24) is 5.01 Å². The van der Waals surface area contributed by atoms with Crippen molar-refractivity contribution >= 4 is 11.7 Å². The van der Waals surface area contributed by atoms with Crippen molar-refractivity contribution in [1.29, 1.82) is 0 Å². The summed E-state index contributed by atoms with van der Waals surface area (Å²) < 4.78 is 18.0. The predicted molar refractivity (Wildman–Crippen MR) is 80.8 cm³/mol. The maximum atomic E-state index is 13.1. The lowest BCUT2D eigenvalue weighted by Crippen LogP contribution is -2.52. The van der Waals surface area contributed by atoms with E-state index in [0.717, 1.165) is 0 Å². The Morgan fingerprint density at radius 1 is 1.36 bits per heavy atom. The summed E-state index contributed by atoms with van der Waals surface area (Å²) in [7, 11) is 0. The van der Waals surface area contributed by atoms with Gasteiger partial charge in [-0.2, -0.15) is 0 Å². The standard InChI is InChI=1S/C15H19FN4O2/c1-3-22-15(21)11-12(17)8(2)13(20(19)14(11)18)9-4-6-10(16)7-5-9/h4-7,14H,3,17-19H2,1-2H3. The summed E-state index contributed by atoms with van der Waals surface area (Å²) in [5.41, 5.74) is 14.2. The molecule has 7 heteroatoms. The number of hydrazine groups is 1. The number of rotatable bonds is 3. The molecule has 0 saturated heterocycles. The SMILES string of the molecule is CCOC(=O)C1=C(N)C(C)=C(c2ccc(F)cc2)N(N)C1N. The number of halogens is 1. The van der Waals surface area contributed by atoms with Crippen molar-refractivity contribution in [2.45, 2.75) is 20.0 Å². The highest BCUT2D eigenvalue weighted by atomic mass is 19.1. The van der Waals surface area contributed by atoms with Crippen LogP contribution in [-0.2, 0) is 9.53 Å². The molecule has 1 aliphatic rings. The molecule has 118 valence electrons. The topological polar surface area (TPSA) is 108 Å². The second-order valence-electron chi connectivity index (χ2n) is 4.88. The van der Waals surface area contributed by atoms with Gasteiger partial charge in [-0.25, -0.2) is 15.0 Å². The van der Waals surface area contributed by atoms with Crippen LogP contribution in [0.15, 0.2) is 41.1 Å². The molecule has 1 atom stereocenters. The minimum Gasteiger partial charge on any atom is -0.462 e. The molecule has 1 heterocycles. The smallest absolute Gasteiger partial charge is 0.339 e. The third kappa shape index (κ3) is 2.68. The Hall–Kier alpha value is -2.38. The first kappa shape index (κ1) is 16.0. The third-order valence-corrected chi connectivity index (χ3v) is 3.52. The first-order valence-corrected chi connectivity index (χ1v) is 6.82. The Morgan fingerprint density at radius 3 is 2.50 bits per heavy atom. The van der Waals surface area contributed by atoms with Crippen LogP contribution in [0.5, 0.6) is 0 Å². The van der Waals surface area contributed by atoms with Gasteiger partial charge in [-0.15, -0.1) is 0 Å². The lowest BCUT2D eigenvalue weighted by Gasteiger charge is -2.35. The van der Waals surface area contributed by atoms with Crippen LogP contribution in [-0.4, -0.2) is 23.8 Å². The van der Waals surface area contributed by atoms with Gasteiger partial charge in [0.05, 0.1) is 23.6 Å². The van der Waals surface area contributed by atoms with Crippen LogP contribution in [0.2, 0.25) is 0 Å². The molecule has 2 rings (SSSR count). The minimum atomic E-state index is -0.942. The molecule has 0 saturated carbocycles. The molecule has 0 bridgehead atoms. The molecule has 0 fully saturated rings. The number of carbonyl (C=O) groups is 1. The number of benzene rings is 1. The quantitative estimate of drug-likeness (QED) is 0.563. The largest absolute Gasteiger partial charge is 0.462 e. The maximum Gasteiger partial charge on any atom is 0.339 e. The van der Waals surface area contributed by atoms with Crippen molar-refractivity contribution in [2.24, 2.45) is 17.3 Å². The predicted octanol–water partition coefficient (Wildman–Crippen LogP) is 0.807. The average Bonchev–Trinajstić information content (AvgIpc) is 2.48. The van der Waals surface area contributed by atoms with E-state index in [1.165, 1.54) is 17.1 Å². The van der Waals surface area contributed by atoms with E-state index in [-0.39, 0.29) is 23.7 Å². The zero-order valence-corrected chi connectivity index (χ0v) is 12.5. The van der Waals surface area contributed by atoms with Crippen molar-refractivity contribution in [3.05, 3.63) is 52.5 Å². The summed E-state index contributed by atoms with van der Waals surface area (Å²) in [4.78, 5) is 12.0. The lowest BCUT2D eigenvalue weighted by molar-refractivity contribution is -0.139. The van der Waals surface area contributed by atoms with Crippen LogP contribution in [0.25, 0.3) is 5.70 Å². The number of hydrogen-bond acceptors (Lipinski definition) is 6. The second kappa shape index (κ2) is 6.17. The molecular formula is C15H19FN4O2. The monoisotopic (exact) mass is 306 g/mol. The summed E-state index contributed by atoms with van der Waals surface area (Å²) in [6, 6.07) is 5.78. The zero-order valence-electron chi connectivity index (χ0n) is 12.5. The average molecular weight is 306 g/mol. The number of carbonyl (C=O) groups excluding carboxylic acids is 1. The van der Waals surface area contributed by atoms with E-state index in [1.807, 2.05) is 0 Å². The molecule has 0 spiro atoms. The van der Waals surface area contributed by atoms with Gasteiger partial charge in [0, 0.05) is 0 Å². The Morgan fingerprint density at radius 2 is 1.95 bits per heavy atom. The zero-order chi connectivity index (χ0) is 16.4. The summed E-state index contributed by atoms with van der Waals surface area (Å²) in [5.74, 6) is 5.07. The van der Waals surface area contributed by atoms with Crippen LogP contribution in [0.1, 0.15) is 19.4 Å². The summed E-state index contributed by atoms with van der Waals surface area (Å²) >= 11 is 0. The Balaban J connectivity index is 2.55. The fourth-order valence-corrected chi connectivity index (χ4v) is 2.37. The van der Waals surface area contributed by atoms with E-state index in [9.17, 15) is 9.18 Å². The highest BCUT2D eigenvalue weighted by molar-refractivity contribution is 5.93.